The Labute approximate surface area is 150 Å². The van der Waals surface area contributed by atoms with E-state index in [1.807, 2.05) is 24.3 Å². The highest BCUT2D eigenvalue weighted by molar-refractivity contribution is 9.10. The van der Waals surface area contributed by atoms with Gasteiger partial charge in [0.2, 0.25) is 0 Å². The van der Waals surface area contributed by atoms with E-state index in [1.165, 1.54) is 16.8 Å². The summed E-state index contributed by atoms with van der Waals surface area (Å²) < 4.78 is 42.5. The average Bonchev–Trinajstić information content (AvgIpc) is 3.17. The first-order valence-corrected chi connectivity index (χ1v) is 8.53. The van der Waals surface area contributed by atoms with Crippen molar-refractivity contribution in [2.75, 3.05) is 11.9 Å². The molecule has 1 aliphatic heterocycles. The van der Waals surface area contributed by atoms with E-state index < -0.39 is 11.7 Å². The minimum absolute atomic E-state index is 0.0268. The number of aromatic nitrogens is 2. The molecule has 0 saturated heterocycles. The summed E-state index contributed by atoms with van der Waals surface area (Å²) in [6.45, 7) is 0.679. The zero-order valence-electron chi connectivity index (χ0n) is 12.9. The Hall–Kier alpha value is -2.28. The molecule has 0 atom stereocenters. The van der Waals surface area contributed by atoms with Crippen molar-refractivity contribution < 1.29 is 13.2 Å². The number of benzene rings is 2. The Morgan fingerprint density at radius 3 is 2.52 bits per heavy atom. The minimum atomic E-state index is -4.44. The fourth-order valence-corrected chi connectivity index (χ4v) is 3.59. The van der Waals surface area contributed by atoms with Gasteiger partial charge < -0.3 is 5.32 Å². The lowest BCUT2D eigenvalue weighted by atomic mass is 10.1. The third-order valence-electron chi connectivity index (χ3n) is 4.22. The molecular formula is C18H13BrF3N3. The molecule has 0 spiro atoms. The van der Waals surface area contributed by atoms with Crippen LogP contribution in [-0.2, 0) is 12.6 Å². The molecule has 3 nitrogen and oxygen atoms in total. The van der Waals surface area contributed by atoms with Crippen LogP contribution in [0, 0.1) is 0 Å². The zero-order chi connectivity index (χ0) is 17.6. The van der Waals surface area contributed by atoms with E-state index in [0.29, 0.717) is 18.1 Å². The average molecular weight is 408 g/mol. The van der Waals surface area contributed by atoms with Gasteiger partial charge >= 0.3 is 6.18 Å². The number of hydrogen-bond donors (Lipinski definition) is 1. The topological polar surface area (TPSA) is 29.9 Å². The Morgan fingerprint density at radius 1 is 1.04 bits per heavy atom. The van der Waals surface area contributed by atoms with Gasteiger partial charge in [0.05, 0.1) is 16.9 Å². The van der Waals surface area contributed by atoms with Gasteiger partial charge in [-0.05, 0) is 24.6 Å². The number of alkyl halides is 3. The highest BCUT2D eigenvalue weighted by atomic mass is 79.9. The minimum Gasteiger partial charge on any atom is -0.369 e. The van der Waals surface area contributed by atoms with Crippen LogP contribution in [0.2, 0.25) is 0 Å². The molecule has 0 radical (unpaired) electrons. The van der Waals surface area contributed by atoms with Crippen molar-refractivity contribution in [1.29, 1.82) is 0 Å². The van der Waals surface area contributed by atoms with Gasteiger partial charge in [0.25, 0.3) is 0 Å². The number of nitrogens with one attached hydrogen (secondary N) is 1. The molecule has 0 bridgehead atoms. The molecule has 2 aromatic carbocycles. The molecule has 0 amide bonds. The highest BCUT2D eigenvalue weighted by Gasteiger charge is 2.35. The van der Waals surface area contributed by atoms with Crippen LogP contribution in [-0.4, -0.2) is 16.3 Å². The first-order valence-electron chi connectivity index (χ1n) is 7.74. The fourth-order valence-electron chi connectivity index (χ4n) is 3.12. The number of halogens is 4. The summed E-state index contributed by atoms with van der Waals surface area (Å²) in [7, 11) is 0. The van der Waals surface area contributed by atoms with Crippen molar-refractivity contribution in [1.82, 2.24) is 9.78 Å². The van der Waals surface area contributed by atoms with E-state index >= 15 is 0 Å². The van der Waals surface area contributed by atoms with Crippen LogP contribution in [0.15, 0.2) is 53.0 Å². The molecule has 7 heteroatoms. The number of nitrogens with zero attached hydrogens (tertiary/aromatic N) is 2. The first kappa shape index (κ1) is 16.2. The number of anilines is 1. The molecule has 4 rings (SSSR count). The molecule has 128 valence electrons. The van der Waals surface area contributed by atoms with Crippen LogP contribution in [0.5, 0.6) is 0 Å². The third kappa shape index (κ3) is 2.72. The number of hydrogen-bond acceptors (Lipinski definition) is 2. The SMILES string of the molecule is FC(F)(F)c1ccccc1-n1nc(-c2ccccc2Br)c2c1NCC2. The molecule has 1 aliphatic rings. The van der Waals surface area contributed by atoms with Crippen LogP contribution in [0.1, 0.15) is 11.1 Å². The molecule has 1 N–H and O–H groups in total. The molecule has 0 saturated carbocycles. The summed E-state index contributed by atoms with van der Waals surface area (Å²) in [5.41, 5.74) is 1.82. The summed E-state index contributed by atoms with van der Waals surface area (Å²) in [5, 5.41) is 7.70. The molecule has 0 fully saturated rings. The van der Waals surface area contributed by atoms with Crippen LogP contribution in [0.4, 0.5) is 19.0 Å². The summed E-state index contributed by atoms with van der Waals surface area (Å²) in [6, 6.07) is 13.1. The summed E-state index contributed by atoms with van der Waals surface area (Å²) in [5.74, 6) is 0.627. The van der Waals surface area contributed by atoms with E-state index in [0.717, 1.165) is 28.1 Å². The van der Waals surface area contributed by atoms with E-state index in [1.54, 1.807) is 6.07 Å². The van der Waals surface area contributed by atoms with E-state index in [2.05, 4.69) is 26.3 Å². The van der Waals surface area contributed by atoms with Crippen molar-refractivity contribution in [3.63, 3.8) is 0 Å². The predicted molar refractivity (Wildman–Crippen MR) is 93.9 cm³/mol. The molecule has 0 unspecified atom stereocenters. The predicted octanol–water partition coefficient (Wildman–Crippen LogP) is 5.29. The first-order chi connectivity index (χ1) is 12.0. The van der Waals surface area contributed by atoms with E-state index in [-0.39, 0.29) is 5.69 Å². The third-order valence-corrected chi connectivity index (χ3v) is 4.91. The Balaban J connectivity index is 1.95. The van der Waals surface area contributed by atoms with Gasteiger partial charge in [0.1, 0.15) is 5.82 Å². The Bertz CT molecular complexity index is 947. The van der Waals surface area contributed by atoms with Crippen LogP contribution in [0.3, 0.4) is 0 Å². The maximum atomic E-state index is 13.4. The molecule has 25 heavy (non-hydrogen) atoms. The monoisotopic (exact) mass is 407 g/mol. The Morgan fingerprint density at radius 2 is 1.76 bits per heavy atom. The molecular weight excluding hydrogens is 395 g/mol. The van der Waals surface area contributed by atoms with Gasteiger partial charge in [-0.15, -0.1) is 0 Å². The molecule has 1 aromatic heterocycles. The molecule has 0 aliphatic carbocycles. The van der Waals surface area contributed by atoms with Gasteiger partial charge in [-0.2, -0.15) is 18.3 Å². The summed E-state index contributed by atoms with van der Waals surface area (Å²) in [6.07, 6.45) is -3.72. The molecule has 3 aromatic rings. The van der Waals surface area contributed by atoms with Crippen molar-refractivity contribution in [2.24, 2.45) is 0 Å². The van der Waals surface area contributed by atoms with Gasteiger partial charge in [-0.25, -0.2) is 4.68 Å². The molecule has 2 heterocycles. The quantitative estimate of drug-likeness (QED) is 0.625. The second-order valence-corrected chi connectivity index (χ2v) is 6.61. The second-order valence-electron chi connectivity index (χ2n) is 5.76. The lowest BCUT2D eigenvalue weighted by molar-refractivity contribution is -0.137. The van der Waals surface area contributed by atoms with Gasteiger partial charge in [0, 0.05) is 22.1 Å². The maximum Gasteiger partial charge on any atom is 0.418 e. The standard InChI is InChI=1S/C18H13BrF3N3/c19-14-7-3-1-5-11(14)16-12-9-10-23-17(12)25(24-16)15-8-4-2-6-13(15)18(20,21)22/h1-8,23H,9-10H2. The lowest BCUT2D eigenvalue weighted by Crippen LogP contribution is -2.13. The van der Waals surface area contributed by atoms with Crippen molar-refractivity contribution in [3.8, 4) is 16.9 Å². The van der Waals surface area contributed by atoms with E-state index in [9.17, 15) is 13.2 Å². The van der Waals surface area contributed by atoms with E-state index in [4.69, 9.17) is 0 Å². The maximum absolute atomic E-state index is 13.4. The van der Waals surface area contributed by atoms with Gasteiger partial charge in [-0.3, -0.25) is 0 Å². The van der Waals surface area contributed by atoms with Gasteiger partial charge in [-0.1, -0.05) is 46.3 Å². The normalized spacial score (nSPS) is 13.6. The number of para-hydroxylation sites is 1. The summed E-state index contributed by atoms with van der Waals surface area (Å²) in [4.78, 5) is 0. The summed E-state index contributed by atoms with van der Waals surface area (Å²) >= 11 is 3.50. The van der Waals surface area contributed by atoms with Crippen molar-refractivity contribution >= 4 is 21.7 Å². The number of rotatable bonds is 2. The van der Waals surface area contributed by atoms with Gasteiger partial charge in [0.15, 0.2) is 0 Å². The highest BCUT2D eigenvalue weighted by Crippen LogP contribution is 2.40. The van der Waals surface area contributed by atoms with Crippen molar-refractivity contribution in [3.05, 3.63) is 64.1 Å². The smallest absolute Gasteiger partial charge is 0.369 e. The lowest BCUT2D eigenvalue weighted by Gasteiger charge is -2.14. The van der Waals surface area contributed by atoms with Crippen molar-refractivity contribution in [2.45, 2.75) is 12.6 Å². The number of fused-ring (bicyclic) bond motifs is 1. The Kier molecular flexibility index (Phi) is 3.83. The largest absolute Gasteiger partial charge is 0.418 e. The van der Waals surface area contributed by atoms with Crippen LogP contribution < -0.4 is 5.32 Å². The van der Waals surface area contributed by atoms with Crippen LogP contribution in [0.25, 0.3) is 16.9 Å². The fraction of sp³-hybridized carbons (Fsp3) is 0.167. The second kappa shape index (κ2) is 5.91. The van der Waals surface area contributed by atoms with Crippen LogP contribution >= 0.6 is 15.9 Å². The zero-order valence-corrected chi connectivity index (χ0v) is 14.5.